The van der Waals surface area contributed by atoms with E-state index >= 15 is 0 Å². The number of aromatic amines is 1. The number of hydrogen-bond acceptors (Lipinski definition) is 5. The quantitative estimate of drug-likeness (QED) is 0.796. The molecule has 2 rings (SSSR count). The van der Waals surface area contributed by atoms with Gasteiger partial charge in [-0.15, -0.1) is 0 Å². The van der Waals surface area contributed by atoms with E-state index in [-0.39, 0.29) is 6.54 Å². The van der Waals surface area contributed by atoms with E-state index in [1.807, 2.05) is 29.2 Å². The number of methoxy groups -OCH3 is 2. The number of H-pyrrole nitrogens is 1. The van der Waals surface area contributed by atoms with Gasteiger partial charge in [0, 0.05) is 25.5 Å². The fourth-order valence-corrected chi connectivity index (χ4v) is 2.14. The molecule has 1 unspecified atom stereocenters. The Labute approximate surface area is 131 Å². The van der Waals surface area contributed by atoms with Crippen molar-refractivity contribution in [1.29, 1.82) is 0 Å². The minimum Gasteiger partial charge on any atom is -0.380 e. The molecule has 0 saturated heterocycles. The highest BCUT2D eigenvalue weighted by Crippen LogP contribution is 2.17. The predicted molar refractivity (Wildman–Crippen MR) is 83.0 cm³/mol. The van der Waals surface area contributed by atoms with Crippen LogP contribution in [0.25, 0.3) is 0 Å². The lowest BCUT2D eigenvalue weighted by molar-refractivity contribution is 0.0501. The van der Waals surface area contributed by atoms with Crippen LogP contribution in [0.5, 0.6) is 0 Å². The Balaban J connectivity index is 2.20. The standard InChI is InChI=1S/C15H18FN3O4/c1-22-9-10-5-3-4-6-12(10)17-7-13(23-2)19-8-11(16)14(20)18-15(19)21/h3-6,8,13,17H,7,9H2,1-2H3,(H,18,20,21). The molecule has 0 saturated carbocycles. The Morgan fingerprint density at radius 1 is 1.30 bits per heavy atom. The summed E-state index contributed by atoms with van der Waals surface area (Å²) in [7, 11) is 2.99. The third kappa shape index (κ3) is 4.05. The second kappa shape index (κ2) is 7.70. The summed E-state index contributed by atoms with van der Waals surface area (Å²) >= 11 is 0. The molecular weight excluding hydrogens is 305 g/mol. The number of halogens is 1. The van der Waals surface area contributed by atoms with Gasteiger partial charge in [0.15, 0.2) is 6.23 Å². The molecule has 1 atom stereocenters. The van der Waals surface area contributed by atoms with Crippen LogP contribution in [0.2, 0.25) is 0 Å². The number of para-hydroxylation sites is 1. The Morgan fingerprint density at radius 3 is 2.74 bits per heavy atom. The maximum atomic E-state index is 13.4. The first kappa shape index (κ1) is 16.9. The molecule has 23 heavy (non-hydrogen) atoms. The average molecular weight is 323 g/mol. The second-order valence-electron chi connectivity index (χ2n) is 4.80. The molecule has 0 bridgehead atoms. The van der Waals surface area contributed by atoms with Gasteiger partial charge in [-0.25, -0.2) is 4.79 Å². The van der Waals surface area contributed by atoms with Gasteiger partial charge in [-0.05, 0) is 6.07 Å². The van der Waals surface area contributed by atoms with Crippen molar-refractivity contribution >= 4 is 5.69 Å². The smallest absolute Gasteiger partial charge is 0.330 e. The van der Waals surface area contributed by atoms with Crippen molar-refractivity contribution in [2.24, 2.45) is 0 Å². The van der Waals surface area contributed by atoms with Crippen molar-refractivity contribution in [3.8, 4) is 0 Å². The number of nitrogens with one attached hydrogen (secondary N) is 2. The van der Waals surface area contributed by atoms with Crippen LogP contribution < -0.4 is 16.6 Å². The van der Waals surface area contributed by atoms with Gasteiger partial charge in [0.05, 0.1) is 19.3 Å². The molecule has 7 nitrogen and oxygen atoms in total. The van der Waals surface area contributed by atoms with Crippen molar-refractivity contribution in [2.45, 2.75) is 12.8 Å². The normalized spacial score (nSPS) is 12.1. The first-order valence-corrected chi connectivity index (χ1v) is 6.91. The number of ether oxygens (including phenoxy) is 2. The molecule has 0 aliphatic carbocycles. The van der Waals surface area contributed by atoms with Gasteiger partial charge in [-0.3, -0.25) is 14.3 Å². The lowest BCUT2D eigenvalue weighted by Gasteiger charge is -2.20. The summed E-state index contributed by atoms with van der Waals surface area (Å²) in [5, 5.41) is 3.13. The summed E-state index contributed by atoms with van der Waals surface area (Å²) in [4.78, 5) is 24.8. The fraction of sp³-hybridized carbons (Fsp3) is 0.333. The van der Waals surface area contributed by atoms with Gasteiger partial charge in [0.2, 0.25) is 5.82 Å². The van der Waals surface area contributed by atoms with E-state index in [0.29, 0.717) is 6.61 Å². The fourth-order valence-electron chi connectivity index (χ4n) is 2.14. The maximum absolute atomic E-state index is 13.4. The molecule has 1 aromatic carbocycles. The second-order valence-corrected chi connectivity index (χ2v) is 4.80. The molecule has 2 aromatic rings. The van der Waals surface area contributed by atoms with Crippen LogP contribution >= 0.6 is 0 Å². The Bertz CT molecular complexity index is 772. The van der Waals surface area contributed by atoms with E-state index in [0.717, 1.165) is 22.0 Å². The van der Waals surface area contributed by atoms with Crippen molar-refractivity contribution in [3.63, 3.8) is 0 Å². The zero-order chi connectivity index (χ0) is 16.8. The molecular formula is C15H18FN3O4. The van der Waals surface area contributed by atoms with Gasteiger partial charge in [0.25, 0.3) is 5.56 Å². The van der Waals surface area contributed by atoms with E-state index in [1.54, 1.807) is 7.11 Å². The zero-order valence-corrected chi connectivity index (χ0v) is 12.8. The number of anilines is 1. The number of nitrogens with zero attached hydrogens (tertiary/aromatic N) is 1. The third-order valence-corrected chi connectivity index (χ3v) is 3.29. The van der Waals surface area contributed by atoms with Crippen molar-refractivity contribution in [3.05, 3.63) is 62.7 Å². The molecule has 124 valence electrons. The Kier molecular flexibility index (Phi) is 5.67. The number of rotatable bonds is 7. The topological polar surface area (TPSA) is 85.3 Å². The summed E-state index contributed by atoms with van der Waals surface area (Å²) < 4.78 is 24.7. The lowest BCUT2D eigenvalue weighted by atomic mass is 10.2. The lowest BCUT2D eigenvalue weighted by Crippen LogP contribution is -2.36. The Hall–Kier alpha value is -2.45. The van der Waals surface area contributed by atoms with Crippen LogP contribution in [-0.4, -0.2) is 30.3 Å². The summed E-state index contributed by atoms with van der Waals surface area (Å²) in [6.45, 7) is 0.622. The van der Waals surface area contributed by atoms with Crippen molar-refractivity contribution in [1.82, 2.24) is 9.55 Å². The minimum atomic E-state index is -1.06. The van der Waals surface area contributed by atoms with Crippen LogP contribution in [0.15, 0.2) is 40.1 Å². The van der Waals surface area contributed by atoms with E-state index in [1.165, 1.54) is 7.11 Å². The van der Waals surface area contributed by atoms with E-state index in [2.05, 4.69) is 5.32 Å². The first-order chi connectivity index (χ1) is 11.1. The van der Waals surface area contributed by atoms with E-state index in [4.69, 9.17) is 9.47 Å². The Morgan fingerprint density at radius 2 is 2.04 bits per heavy atom. The molecule has 0 fully saturated rings. The highest BCUT2D eigenvalue weighted by Gasteiger charge is 2.14. The van der Waals surface area contributed by atoms with Crippen molar-refractivity contribution < 1.29 is 13.9 Å². The first-order valence-electron chi connectivity index (χ1n) is 6.91. The number of hydrogen-bond donors (Lipinski definition) is 2. The SMILES string of the molecule is COCc1ccccc1NCC(OC)n1cc(F)c(=O)[nH]c1=O. The van der Waals surface area contributed by atoms with Gasteiger partial charge >= 0.3 is 5.69 Å². The molecule has 1 heterocycles. The molecule has 0 aliphatic rings. The van der Waals surface area contributed by atoms with Gasteiger partial charge in [0.1, 0.15) is 0 Å². The largest absolute Gasteiger partial charge is 0.380 e. The van der Waals surface area contributed by atoms with Crippen LogP contribution in [0.1, 0.15) is 11.8 Å². The van der Waals surface area contributed by atoms with Crippen LogP contribution in [0, 0.1) is 5.82 Å². The minimum absolute atomic E-state index is 0.197. The molecule has 0 radical (unpaired) electrons. The third-order valence-electron chi connectivity index (χ3n) is 3.29. The highest BCUT2D eigenvalue weighted by molar-refractivity contribution is 5.50. The highest BCUT2D eigenvalue weighted by atomic mass is 19.1. The van der Waals surface area contributed by atoms with Crippen LogP contribution in [0.3, 0.4) is 0 Å². The number of aromatic nitrogens is 2. The van der Waals surface area contributed by atoms with Crippen LogP contribution in [-0.2, 0) is 16.1 Å². The molecule has 2 N–H and O–H groups in total. The van der Waals surface area contributed by atoms with Crippen LogP contribution in [0.4, 0.5) is 10.1 Å². The summed E-state index contributed by atoms with van der Waals surface area (Å²) in [5.41, 5.74) is -0.0473. The molecule has 8 heteroatoms. The van der Waals surface area contributed by atoms with Gasteiger partial charge in [-0.1, -0.05) is 18.2 Å². The molecule has 0 spiro atoms. The average Bonchev–Trinajstić information content (AvgIpc) is 2.54. The summed E-state index contributed by atoms with van der Waals surface area (Å²) in [6.07, 6.45) is 0.0439. The maximum Gasteiger partial charge on any atom is 0.330 e. The van der Waals surface area contributed by atoms with E-state index < -0.39 is 23.3 Å². The monoisotopic (exact) mass is 323 g/mol. The number of benzene rings is 1. The van der Waals surface area contributed by atoms with Crippen molar-refractivity contribution in [2.75, 3.05) is 26.1 Å². The van der Waals surface area contributed by atoms with Gasteiger partial charge in [-0.2, -0.15) is 4.39 Å². The van der Waals surface area contributed by atoms with E-state index in [9.17, 15) is 14.0 Å². The molecule has 0 amide bonds. The molecule has 0 aliphatic heterocycles. The summed E-state index contributed by atoms with van der Waals surface area (Å²) in [6, 6.07) is 7.50. The summed E-state index contributed by atoms with van der Waals surface area (Å²) in [5.74, 6) is -1.05. The molecule has 1 aromatic heterocycles. The zero-order valence-electron chi connectivity index (χ0n) is 12.8. The van der Waals surface area contributed by atoms with Gasteiger partial charge < -0.3 is 14.8 Å². The predicted octanol–water partition coefficient (Wildman–Crippen LogP) is 1.08.